The molecule has 2 aliphatic rings. The summed E-state index contributed by atoms with van der Waals surface area (Å²) in [5.74, 6) is 0.749. The van der Waals surface area contributed by atoms with E-state index in [-0.39, 0.29) is 11.8 Å². The second kappa shape index (κ2) is 6.22. The smallest absolute Gasteiger partial charge is 0.254 e. The number of nitrogens with one attached hydrogen (secondary N) is 1. The molecular weight excluding hydrogens is 292 g/mol. The second-order valence-corrected chi connectivity index (χ2v) is 6.51. The van der Waals surface area contributed by atoms with Crippen LogP contribution in [0.2, 0.25) is 0 Å². The van der Waals surface area contributed by atoms with Gasteiger partial charge in [-0.2, -0.15) is 0 Å². The highest BCUT2D eigenvalue weighted by molar-refractivity contribution is 6.00. The van der Waals surface area contributed by atoms with Crippen molar-refractivity contribution in [1.29, 1.82) is 0 Å². The number of hydrogen-bond acceptors (Lipinski definition) is 3. The second-order valence-electron chi connectivity index (χ2n) is 6.51. The Bertz CT molecular complexity index is 629. The average molecular weight is 316 g/mol. The van der Waals surface area contributed by atoms with Gasteiger partial charge in [-0.25, -0.2) is 0 Å². The van der Waals surface area contributed by atoms with E-state index in [0.29, 0.717) is 31.7 Å². The maximum Gasteiger partial charge on any atom is 0.254 e. The van der Waals surface area contributed by atoms with Crippen LogP contribution in [0.5, 0.6) is 5.75 Å². The highest BCUT2D eigenvalue weighted by atomic mass is 16.5. The number of likely N-dealkylation sites (tertiary alicyclic amines) is 1. The Morgan fingerprint density at radius 1 is 1.39 bits per heavy atom. The van der Waals surface area contributed by atoms with Gasteiger partial charge >= 0.3 is 0 Å². The Labute approximate surface area is 137 Å². The molecule has 0 spiro atoms. The normalized spacial score (nSPS) is 22.1. The SMILES string of the molecule is CCCCNC(=O)C1(C)CCN1C(=O)c1ccc2c(c1)CCO2. The Morgan fingerprint density at radius 2 is 2.22 bits per heavy atom. The molecule has 1 aromatic carbocycles. The summed E-state index contributed by atoms with van der Waals surface area (Å²) in [6.45, 7) is 5.91. The van der Waals surface area contributed by atoms with Crippen LogP contribution in [0, 0.1) is 0 Å². The number of fused-ring (bicyclic) bond motifs is 1. The predicted molar refractivity (Wildman–Crippen MR) is 87.6 cm³/mol. The van der Waals surface area contributed by atoms with Gasteiger partial charge in [-0.15, -0.1) is 0 Å². The van der Waals surface area contributed by atoms with Crippen molar-refractivity contribution in [1.82, 2.24) is 10.2 Å². The average Bonchev–Trinajstić information content (AvgIpc) is 3.00. The number of amides is 2. The summed E-state index contributed by atoms with van der Waals surface area (Å²) in [7, 11) is 0. The molecule has 5 heteroatoms. The number of hydrogen-bond donors (Lipinski definition) is 1. The van der Waals surface area contributed by atoms with Gasteiger partial charge in [0.25, 0.3) is 5.91 Å². The molecule has 2 amide bonds. The quantitative estimate of drug-likeness (QED) is 0.847. The van der Waals surface area contributed by atoms with Gasteiger partial charge in [-0.05, 0) is 43.5 Å². The van der Waals surface area contributed by atoms with E-state index in [0.717, 1.165) is 30.6 Å². The van der Waals surface area contributed by atoms with Gasteiger partial charge < -0.3 is 15.0 Å². The molecule has 5 nitrogen and oxygen atoms in total. The Hall–Kier alpha value is -2.04. The first-order valence-corrected chi connectivity index (χ1v) is 8.42. The zero-order chi connectivity index (χ0) is 16.4. The van der Waals surface area contributed by atoms with Crippen LogP contribution < -0.4 is 10.1 Å². The van der Waals surface area contributed by atoms with Crippen LogP contribution in [0.4, 0.5) is 0 Å². The summed E-state index contributed by atoms with van der Waals surface area (Å²) in [6, 6.07) is 5.55. The van der Waals surface area contributed by atoms with Crippen LogP contribution in [-0.4, -0.2) is 41.9 Å². The molecule has 2 aliphatic heterocycles. The lowest BCUT2D eigenvalue weighted by molar-refractivity contribution is -0.137. The predicted octanol–water partition coefficient (Wildman–Crippen LogP) is 2.14. The maximum atomic E-state index is 12.8. The molecule has 2 heterocycles. The molecular formula is C18H24N2O3. The molecule has 1 saturated heterocycles. The molecule has 0 bridgehead atoms. The fourth-order valence-corrected chi connectivity index (χ4v) is 3.17. The van der Waals surface area contributed by atoms with E-state index < -0.39 is 5.54 Å². The van der Waals surface area contributed by atoms with Crippen molar-refractivity contribution < 1.29 is 14.3 Å². The fraction of sp³-hybridized carbons (Fsp3) is 0.556. The molecule has 1 unspecified atom stereocenters. The number of nitrogens with zero attached hydrogens (tertiary/aromatic N) is 1. The lowest BCUT2D eigenvalue weighted by atomic mass is 9.84. The fourth-order valence-electron chi connectivity index (χ4n) is 3.17. The molecule has 0 radical (unpaired) electrons. The van der Waals surface area contributed by atoms with Crippen molar-refractivity contribution in [3.05, 3.63) is 29.3 Å². The summed E-state index contributed by atoms with van der Waals surface area (Å²) in [5.41, 5.74) is 0.993. The number of carbonyl (C=O) groups is 2. The first-order valence-electron chi connectivity index (χ1n) is 8.42. The summed E-state index contributed by atoms with van der Waals surface area (Å²) < 4.78 is 5.48. The largest absolute Gasteiger partial charge is 0.493 e. The molecule has 0 aliphatic carbocycles. The number of rotatable bonds is 5. The molecule has 0 saturated carbocycles. The molecule has 1 fully saturated rings. The van der Waals surface area contributed by atoms with Gasteiger partial charge in [0.2, 0.25) is 5.91 Å². The lowest BCUT2D eigenvalue weighted by Gasteiger charge is -2.49. The van der Waals surface area contributed by atoms with Crippen LogP contribution in [0.1, 0.15) is 49.0 Å². The molecule has 1 N–H and O–H groups in total. The van der Waals surface area contributed by atoms with Crippen molar-refractivity contribution in [2.24, 2.45) is 0 Å². The van der Waals surface area contributed by atoms with Crippen molar-refractivity contribution in [2.75, 3.05) is 19.7 Å². The van der Waals surface area contributed by atoms with E-state index in [1.807, 2.05) is 19.1 Å². The third kappa shape index (κ3) is 2.80. The van der Waals surface area contributed by atoms with Crippen LogP contribution in [0.15, 0.2) is 18.2 Å². The Morgan fingerprint density at radius 3 is 2.91 bits per heavy atom. The number of carbonyl (C=O) groups excluding carboxylic acids is 2. The first kappa shape index (κ1) is 15.8. The van der Waals surface area contributed by atoms with Gasteiger partial charge in [0, 0.05) is 25.1 Å². The third-order valence-corrected chi connectivity index (χ3v) is 4.90. The van der Waals surface area contributed by atoms with Crippen molar-refractivity contribution in [3.8, 4) is 5.75 Å². The topological polar surface area (TPSA) is 58.6 Å². The van der Waals surface area contributed by atoms with Crippen molar-refractivity contribution in [3.63, 3.8) is 0 Å². The van der Waals surface area contributed by atoms with E-state index in [1.54, 1.807) is 11.0 Å². The Kier molecular flexibility index (Phi) is 4.28. The monoisotopic (exact) mass is 316 g/mol. The van der Waals surface area contributed by atoms with Gasteiger partial charge in [-0.3, -0.25) is 9.59 Å². The lowest BCUT2D eigenvalue weighted by Crippen LogP contribution is -2.67. The van der Waals surface area contributed by atoms with E-state index in [2.05, 4.69) is 12.2 Å². The van der Waals surface area contributed by atoms with Gasteiger partial charge in [-0.1, -0.05) is 13.3 Å². The summed E-state index contributed by atoms with van der Waals surface area (Å²) in [5, 5.41) is 2.95. The minimum atomic E-state index is -0.722. The number of unbranched alkanes of at least 4 members (excludes halogenated alkanes) is 1. The van der Waals surface area contributed by atoms with Gasteiger partial charge in [0.15, 0.2) is 0 Å². The Balaban J connectivity index is 1.71. The van der Waals surface area contributed by atoms with Crippen LogP contribution in [-0.2, 0) is 11.2 Å². The molecule has 124 valence electrons. The zero-order valence-electron chi connectivity index (χ0n) is 13.9. The van der Waals surface area contributed by atoms with Crippen molar-refractivity contribution >= 4 is 11.8 Å². The third-order valence-electron chi connectivity index (χ3n) is 4.90. The molecule has 3 rings (SSSR count). The first-order chi connectivity index (χ1) is 11.1. The highest BCUT2D eigenvalue weighted by Crippen LogP contribution is 2.33. The number of ether oxygens (including phenoxy) is 1. The van der Waals surface area contributed by atoms with Crippen molar-refractivity contribution in [2.45, 2.75) is 45.1 Å². The van der Waals surface area contributed by atoms with E-state index in [4.69, 9.17) is 4.74 Å². The van der Waals surface area contributed by atoms with Gasteiger partial charge in [0.05, 0.1) is 6.61 Å². The van der Waals surface area contributed by atoms with Crippen LogP contribution in [0.3, 0.4) is 0 Å². The maximum absolute atomic E-state index is 12.8. The van der Waals surface area contributed by atoms with E-state index in [1.165, 1.54) is 0 Å². The zero-order valence-corrected chi connectivity index (χ0v) is 13.9. The standard InChI is InChI=1S/C18H24N2O3/c1-3-4-9-19-17(22)18(2)8-10-20(18)16(21)14-5-6-15-13(12-14)7-11-23-15/h5-6,12H,3-4,7-11H2,1-2H3,(H,19,22). The molecule has 1 atom stereocenters. The van der Waals surface area contributed by atoms with E-state index in [9.17, 15) is 9.59 Å². The van der Waals surface area contributed by atoms with Gasteiger partial charge in [0.1, 0.15) is 11.3 Å². The number of benzene rings is 1. The minimum absolute atomic E-state index is 0.0463. The summed E-state index contributed by atoms with van der Waals surface area (Å²) in [4.78, 5) is 26.9. The highest BCUT2D eigenvalue weighted by Gasteiger charge is 2.49. The molecule has 0 aromatic heterocycles. The van der Waals surface area contributed by atoms with Crippen LogP contribution in [0.25, 0.3) is 0 Å². The minimum Gasteiger partial charge on any atom is -0.493 e. The molecule has 1 aromatic rings. The summed E-state index contributed by atoms with van der Waals surface area (Å²) >= 11 is 0. The van der Waals surface area contributed by atoms with E-state index >= 15 is 0 Å². The van der Waals surface area contributed by atoms with Crippen LogP contribution >= 0.6 is 0 Å². The molecule has 23 heavy (non-hydrogen) atoms. The summed E-state index contributed by atoms with van der Waals surface area (Å²) in [6.07, 6.45) is 3.55.